The lowest BCUT2D eigenvalue weighted by molar-refractivity contribution is 0.0433. The zero-order chi connectivity index (χ0) is 12.3. The highest BCUT2D eigenvalue weighted by atomic mass is 16.3. The fourth-order valence-electron chi connectivity index (χ4n) is 1.14. The highest BCUT2D eigenvalue weighted by molar-refractivity contribution is 5.14. The topological polar surface area (TPSA) is 89.2 Å². The molecular formula is C11H19N3O2. The second-order valence-corrected chi connectivity index (χ2v) is 3.69. The Kier molecular flexibility index (Phi) is 8.36. The van der Waals surface area contributed by atoms with Crippen molar-refractivity contribution in [1.29, 1.82) is 0 Å². The predicted octanol–water partition coefficient (Wildman–Crippen LogP) is 1.99. The number of aliphatic hydroxyl groups is 2. The van der Waals surface area contributed by atoms with Crippen molar-refractivity contribution in [3.63, 3.8) is 0 Å². The molecule has 0 aliphatic rings. The number of hydrogen-bond donors (Lipinski definition) is 2. The average molecular weight is 225 g/mol. The molecule has 0 amide bonds. The van der Waals surface area contributed by atoms with E-state index in [1.54, 1.807) is 0 Å². The van der Waals surface area contributed by atoms with Gasteiger partial charge in [0.05, 0.1) is 13.2 Å². The fourth-order valence-corrected chi connectivity index (χ4v) is 1.14. The molecule has 0 aromatic carbocycles. The van der Waals surface area contributed by atoms with E-state index in [4.69, 9.17) is 10.6 Å². The molecule has 0 radical (unpaired) electrons. The second-order valence-electron chi connectivity index (χ2n) is 3.69. The molecule has 0 aliphatic carbocycles. The van der Waals surface area contributed by atoms with Crippen molar-refractivity contribution in [2.75, 3.05) is 13.2 Å². The van der Waals surface area contributed by atoms with Crippen LogP contribution in [0.4, 0.5) is 0 Å². The lowest BCUT2D eigenvalue weighted by Crippen LogP contribution is -2.34. The van der Waals surface area contributed by atoms with E-state index in [1.807, 2.05) is 0 Å². The number of nitrogens with zero attached hydrogens (tertiary/aromatic N) is 3. The molecule has 0 heterocycles. The fraction of sp³-hybridized carbons (Fsp3) is 0.818. The third-order valence-electron chi connectivity index (χ3n) is 2.13. The van der Waals surface area contributed by atoms with E-state index in [1.165, 1.54) is 12.8 Å². The minimum atomic E-state index is -1.59. The average Bonchev–Trinajstić information content (AvgIpc) is 2.31. The Morgan fingerprint density at radius 2 is 2.12 bits per heavy atom. The molecule has 0 saturated carbocycles. The van der Waals surface area contributed by atoms with E-state index in [0.717, 1.165) is 12.8 Å². The van der Waals surface area contributed by atoms with Crippen molar-refractivity contribution >= 4 is 0 Å². The maximum Gasteiger partial charge on any atom is 0.153 e. The first-order valence-corrected chi connectivity index (χ1v) is 5.52. The van der Waals surface area contributed by atoms with Gasteiger partial charge in [-0.25, -0.2) is 0 Å². The summed E-state index contributed by atoms with van der Waals surface area (Å²) in [6.07, 6.45) is 5.16. The maximum absolute atomic E-state index is 9.67. The van der Waals surface area contributed by atoms with Gasteiger partial charge in [0.2, 0.25) is 0 Å². The molecule has 0 unspecified atom stereocenters. The summed E-state index contributed by atoms with van der Waals surface area (Å²) in [4.78, 5) is 2.52. The third-order valence-corrected chi connectivity index (χ3v) is 2.13. The van der Waals surface area contributed by atoms with E-state index < -0.39 is 12.2 Å². The van der Waals surface area contributed by atoms with Crippen LogP contribution in [-0.2, 0) is 0 Å². The molecule has 90 valence electrons. The van der Waals surface area contributed by atoms with Gasteiger partial charge in [0.25, 0.3) is 0 Å². The number of aliphatic hydroxyl groups excluding tert-OH is 1. The van der Waals surface area contributed by atoms with E-state index in [2.05, 4.69) is 28.8 Å². The summed E-state index contributed by atoms with van der Waals surface area (Å²) in [5.41, 5.74) is 6.52. The Morgan fingerprint density at radius 3 is 2.69 bits per heavy atom. The normalized spacial score (nSPS) is 13.2. The van der Waals surface area contributed by atoms with Gasteiger partial charge in [0.15, 0.2) is 5.60 Å². The summed E-state index contributed by atoms with van der Waals surface area (Å²) in [5.74, 6) is 5.35. The molecule has 0 bridgehead atoms. The van der Waals surface area contributed by atoms with Crippen LogP contribution < -0.4 is 0 Å². The molecule has 0 aromatic heterocycles. The van der Waals surface area contributed by atoms with Gasteiger partial charge in [-0.15, -0.1) is 5.92 Å². The van der Waals surface area contributed by atoms with Crippen molar-refractivity contribution < 1.29 is 10.2 Å². The maximum atomic E-state index is 9.67. The van der Waals surface area contributed by atoms with Gasteiger partial charge in [-0.05, 0) is 12.0 Å². The highest BCUT2D eigenvalue weighted by Crippen LogP contribution is 2.05. The number of azide groups is 1. The van der Waals surface area contributed by atoms with Crippen LogP contribution in [0.2, 0.25) is 0 Å². The smallest absolute Gasteiger partial charge is 0.153 e. The molecule has 0 saturated heterocycles. The summed E-state index contributed by atoms with van der Waals surface area (Å²) >= 11 is 0. The lowest BCUT2D eigenvalue weighted by Gasteiger charge is -2.15. The van der Waals surface area contributed by atoms with E-state index in [-0.39, 0.29) is 6.54 Å². The number of hydrogen-bond acceptors (Lipinski definition) is 3. The molecule has 16 heavy (non-hydrogen) atoms. The van der Waals surface area contributed by atoms with Gasteiger partial charge >= 0.3 is 0 Å². The standard InChI is InChI=1S/C11H19N3O2/c1-2-3-4-5-6-7-8-11(16,10-15)9-13-14-12/h15-16H,2-6,9-10H2,1H3/t11-/m0/s1. The zero-order valence-electron chi connectivity index (χ0n) is 9.69. The quantitative estimate of drug-likeness (QED) is 0.228. The summed E-state index contributed by atoms with van der Waals surface area (Å²) in [5, 5.41) is 21.8. The van der Waals surface area contributed by atoms with Crippen molar-refractivity contribution in [2.24, 2.45) is 5.11 Å². The highest BCUT2D eigenvalue weighted by Gasteiger charge is 2.21. The molecule has 5 nitrogen and oxygen atoms in total. The van der Waals surface area contributed by atoms with Crippen LogP contribution in [-0.4, -0.2) is 29.0 Å². The SMILES string of the molecule is CCCCCCC#C[C@@](O)(CO)CN=[N+]=[N-]. The van der Waals surface area contributed by atoms with Crippen LogP contribution in [0.3, 0.4) is 0 Å². The van der Waals surface area contributed by atoms with Crippen molar-refractivity contribution in [1.82, 2.24) is 0 Å². The summed E-state index contributed by atoms with van der Waals surface area (Å²) in [6, 6.07) is 0. The van der Waals surface area contributed by atoms with Gasteiger partial charge in [-0.1, -0.05) is 37.2 Å². The van der Waals surface area contributed by atoms with Gasteiger partial charge in [-0.2, -0.15) is 0 Å². The second kappa shape index (κ2) is 9.05. The molecule has 0 spiro atoms. The van der Waals surface area contributed by atoms with Crippen LogP contribution >= 0.6 is 0 Å². The minimum Gasteiger partial charge on any atom is -0.392 e. The van der Waals surface area contributed by atoms with Crippen LogP contribution in [0.5, 0.6) is 0 Å². The van der Waals surface area contributed by atoms with Crippen LogP contribution in [0.15, 0.2) is 5.11 Å². The largest absolute Gasteiger partial charge is 0.392 e. The summed E-state index contributed by atoms with van der Waals surface area (Å²) in [6.45, 7) is 1.39. The first-order chi connectivity index (χ1) is 7.68. The Hall–Kier alpha value is -1.21. The molecule has 0 aliphatic heterocycles. The monoisotopic (exact) mass is 225 g/mol. The minimum absolute atomic E-state index is 0.220. The number of unbranched alkanes of at least 4 members (excludes halogenated alkanes) is 4. The van der Waals surface area contributed by atoms with E-state index in [9.17, 15) is 5.11 Å². The van der Waals surface area contributed by atoms with E-state index >= 15 is 0 Å². The summed E-state index contributed by atoms with van der Waals surface area (Å²) < 4.78 is 0. The van der Waals surface area contributed by atoms with Crippen molar-refractivity contribution in [3.8, 4) is 11.8 Å². The van der Waals surface area contributed by atoms with Gasteiger partial charge in [-0.3, -0.25) is 0 Å². The van der Waals surface area contributed by atoms with Crippen LogP contribution in [0.25, 0.3) is 10.4 Å². The lowest BCUT2D eigenvalue weighted by atomic mass is 10.1. The number of rotatable bonds is 7. The molecule has 1 atom stereocenters. The predicted molar refractivity (Wildman–Crippen MR) is 62.6 cm³/mol. The van der Waals surface area contributed by atoms with Crippen LogP contribution in [0, 0.1) is 11.8 Å². The molecule has 0 aromatic rings. The van der Waals surface area contributed by atoms with Crippen molar-refractivity contribution in [2.45, 2.75) is 44.6 Å². The third kappa shape index (κ3) is 7.13. The molecule has 0 rings (SSSR count). The zero-order valence-corrected chi connectivity index (χ0v) is 9.69. The van der Waals surface area contributed by atoms with Crippen molar-refractivity contribution in [3.05, 3.63) is 10.4 Å². The Balaban J connectivity index is 4.00. The molecular weight excluding hydrogens is 206 g/mol. The van der Waals surface area contributed by atoms with E-state index in [0.29, 0.717) is 6.42 Å². The first kappa shape index (κ1) is 14.8. The van der Waals surface area contributed by atoms with Gasteiger partial charge in [0.1, 0.15) is 0 Å². The molecule has 2 N–H and O–H groups in total. The van der Waals surface area contributed by atoms with Crippen LogP contribution in [0.1, 0.15) is 39.0 Å². The summed E-state index contributed by atoms with van der Waals surface area (Å²) in [7, 11) is 0. The molecule has 5 heteroatoms. The Morgan fingerprint density at radius 1 is 1.38 bits per heavy atom. The first-order valence-electron chi connectivity index (χ1n) is 5.52. The van der Waals surface area contributed by atoms with Gasteiger partial charge in [0, 0.05) is 11.3 Å². The molecule has 0 fully saturated rings. The Bertz CT molecular complexity index is 289. The van der Waals surface area contributed by atoms with Gasteiger partial charge < -0.3 is 10.2 Å². The Labute approximate surface area is 96.1 Å².